The minimum absolute atomic E-state index is 0.610. The predicted octanol–water partition coefficient (Wildman–Crippen LogP) is 4.07. The van der Waals surface area contributed by atoms with Crippen molar-refractivity contribution in [2.24, 2.45) is 7.05 Å². The summed E-state index contributed by atoms with van der Waals surface area (Å²) in [5.41, 5.74) is 11.0. The number of nitrogens with zero attached hydrogens (tertiary/aromatic N) is 3. The van der Waals surface area contributed by atoms with Gasteiger partial charge < -0.3 is 11.1 Å². The quantitative estimate of drug-likeness (QED) is 0.114. The summed E-state index contributed by atoms with van der Waals surface area (Å²) in [5, 5.41) is 14.1. The monoisotopic (exact) mass is 486 g/mol. The van der Waals surface area contributed by atoms with Crippen LogP contribution in [0.25, 0.3) is 0 Å². The minimum Gasteiger partial charge on any atom is -0.399 e. The van der Waals surface area contributed by atoms with Gasteiger partial charge in [-0.2, -0.15) is 10.2 Å². The van der Waals surface area contributed by atoms with E-state index in [0.29, 0.717) is 11.3 Å². The van der Waals surface area contributed by atoms with Crippen molar-refractivity contribution in [2.75, 3.05) is 19.3 Å². The van der Waals surface area contributed by atoms with Gasteiger partial charge in [-0.25, -0.2) is 0 Å². The molecule has 0 atom stereocenters. The van der Waals surface area contributed by atoms with Gasteiger partial charge in [-0.1, -0.05) is 24.0 Å². The summed E-state index contributed by atoms with van der Waals surface area (Å²) < 4.78 is 1.78. The largest absolute Gasteiger partial charge is 0.399 e. The Morgan fingerprint density at radius 1 is 1.20 bits per heavy atom. The number of aryl methyl sites for hydroxylation is 2. The molecule has 4 rings (SSSR count). The molecular weight excluding hydrogens is 456 g/mol. The summed E-state index contributed by atoms with van der Waals surface area (Å²) in [7, 11) is 3.87. The summed E-state index contributed by atoms with van der Waals surface area (Å²) in [6.07, 6.45) is 8.85. The number of nitrogens with two attached hydrogens (primary N) is 1. The van der Waals surface area contributed by atoms with Crippen LogP contribution in [0.4, 0.5) is 5.69 Å². The summed E-state index contributed by atoms with van der Waals surface area (Å²) in [5.74, 6) is 7.02. The Morgan fingerprint density at radius 3 is 2.77 bits per heavy atom. The van der Waals surface area contributed by atoms with Gasteiger partial charge in [0.2, 0.25) is 0 Å². The van der Waals surface area contributed by atoms with Gasteiger partial charge in [0.05, 0.1) is 11.9 Å². The van der Waals surface area contributed by atoms with Gasteiger partial charge in [-0.05, 0) is 68.4 Å². The van der Waals surface area contributed by atoms with E-state index in [1.54, 1.807) is 22.5 Å². The van der Waals surface area contributed by atoms with Gasteiger partial charge in [0.1, 0.15) is 6.29 Å². The van der Waals surface area contributed by atoms with Crippen molar-refractivity contribution in [3.05, 3.63) is 95.1 Å². The maximum absolute atomic E-state index is 11.1. The number of nitrogens with one attached hydrogen (secondary N) is 2. The normalized spacial score (nSPS) is 10.1. The molecule has 8 heteroatoms. The maximum atomic E-state index is 11.1. The lowest BCUT2D eigenvalue weighted by atomic mass is 10.1. The highest BCUT2D eigenvalue weighted by Crippen LogP contribution is 2.26. The summed E-state index contributed by atoms with van der Waals surface area (Å²) in [6, 6.07) is 15.0. The predicted molar refractivity (Wildman–Crippen MR) is 142 cm³/mol. The zero-order valence-corrected chi connectivity index (χ0v) is 20.8. The van der Waals surface area contributed by atoms with Crippen molar-refractivity contribution in [1.29, 1.82) is 0 Å². The average molecular weight is 487 g/mol. The molecule has 2 heterocycles. The van der Waals surface area contributed by atoms with Gasteiger partial charge in [0, 0.05) is 52.5 Å². The van der Waals surface area contributed by atoms with Crippen LogP contribution in [-0.2, 0) is 19.2 Å². The molecular formula is C27H30N6OS. The van der Waals surface area contributed by atoms with E-state index in [1.807, 2.05) is 75.2 Å². The number of carbonyl (C=O) groups is 1. The molecule has 2 aromatic heterocycles. The van der Waals surface area contributed by atoms with Crippen LogP contribution in [0.2, 0.25) is 0 Å². The molecule has 0 bridgehead atoms. The van der Waals surface area contributed by atoms with Gasteiger partial charge in [-0.3, -0.25) is 14.6 Å². The SMILES string of the molecule is CNCCCc1cn[nH]c1.Cn1ccc(CSc2ccc(C=O)cc2C#Cc2cccc(N)c2)n1. The standard InChI is InChI=1S/C20H17N3OS.C7H13N3/c1-23-10-9-19(22-23)14-25-20-8-6-16(13-24)11-17(20)7-5-15-3-2-4-18(21)12-15;1-8-4-2-3-7-5-9-10-6-7/h2-4,6,8-13H,14,21H2,1H3;5-6,8H,2-4H2,1H3,(H,9,10). The fourth-order valence-corrected chi connectivity index (χ4v) is 4.06. The number of rotatable bonds is 8. The summed E-state index contributed by atoms with van der Waals surface area (Å²) in [4.78, 5) is 12.1. The average Bonchev–Trinajstić information content (AvgIpc) is 3.54. The first-order chi connectivity index (χ1) is 17.1. The lowest BCUT2D eigenvalue weighted by Crippen LogP contribution is -2.08. The van der Waals surface area contributed by atoms with E-state index in [4.69, 9.17) is 5.73 Å². The molecule has 0 amide bonds. The number of anilines is 1. The third-order valence-corrected chi connectivity index (χ3v) is 6.07. The third kappa shape index (κ3) is 8.81. The third-order valence-electron chi connectivity index (χ3n) is 4.96. The number of hydrogen-bond acceptors (Lipinski definition) is 6. The molecule has 0 fully saturated rings. The Hall–Kier alpha value is -3.80. The fraction of sp³-hybridized carbons (Fsp3) is 0.222. The highest BCUT2D eigenvalue weighted by molar-refractivity contribution is 7.98. The van der Waals surface area contributed by atoms with E-state index >= 15 is 0 Å². The lowest BCUT2D eigenvalue weighted by molar-refractivity contribution is 0.112. The van der Waals surface area contributed by atoms with E-state index in [2.05, 4.69) is 32.5 Å². The summed E-state index contributed by atoms with van der Waals surface area (Å²) in [6.45, 7) is 1.07. The molecule has 0 aliphatic rings. The molecule has 0 unspecified atom stereocenters. The number of nitrogen functional groups attached to an aromatic ring is 1. The minimum atomic E-state index is 0.610. The van der Waals surface area contributed by atoms with Gasteiger partial charge in [0.15, 0.2) is 0 Å². The molecule has 2 aromatic carbocycles. The van der Waals surface area contributed by atoms with E-state index in [9.17, 15) is 4.79 Å². The van der Waals surface area contributed by atoms with Gasteiger partial charge >= 0.3 is 0 Å². The van der Waals surface area contributed by atoms with Crippen molar-refractivity contribution in [2.45, 2.75) is 23.5 Å². The number of H-pyrrole nitrogens is 1. The van der Waals surface area contributed by atoms with Crippen LogP contribution in [0.5, 0.6) is 0 Å². The van der Waals surface area contributed by atoms with Gasteiger partial charge in [0.25, 0.3) is 0 Å². The molecule has 0 spiro atoms. The number of carbonyl (C=O) groups excluding carboxylic acids is 1. The highest BCUT2D eigenvalue weighted by atomic mass is 32.2. The first-order valence-electron chi connectivity index (χ1n) is 11.3. The van der Waals surface area contributed by atoms with Crippen molar-refractivity contribution in [3.8, 4) is 11.8 Å². The van der Waals surface area contributed by atoms with Crippen LogP contribution in [0.3, 0.4) is 0 Å². The Balaban J connectivity index is 0.000000287. The Labute approximate surface area is 210 Å². The number of aldehydes is 1. The van der Waals surface area contributed by atoms with Crippen molar-refractivity contribution in [3.63, 3.8) is 0 Å². The number of aromatic nitrogens is 4. The second-order valence-corrected chi connectivity index (χ2v) is 8.85. The Kier molecular flexibility index (Phi) is 10.2. The molecule has 35 heavy (non-hydrogen) atoms. The van der Waals surface area contributed by atoms with Crippen molar-refractivity contribution < 1.29 is 4.79 Å². The lowest BCUT2D eigenvalue weighted by Gasteiger charge is -2.04. The topological polar surface area (TPSA) is 102 Å². The van der Waals surface area contributed by atoms with E-state index < -0.39 is 0 Å². The number of aromatic amines is 1. The number of benzene rings is 2. The molecule has 0 radical (unpaired) electrons. The number of hydrogen-bond donors (Lipinski definition) is 3. The van der Waals surface area contributed by atoms with Crippen LogP contribution in [0.15, 0.2) is 72.0 Å². The zero-order chi connectivity index (χ0) is 24.9. The number of thioether (sulfide) groups is 1. The van der Waals surface area contributed by atoms with Gasteiger partial charge in [-0.15, -0.1) is 11.8 Å². The molecule has 0 saturated heterocycles. The van der Waals surface area contributed by atoms with E-state index in [-0.39, 0.29) is 0 Å². The molecule has 180 valence electrons. The zero-order valence-electron chi connectivity index (χ0n) is 20.0. The smallest absolute Gasteiger partial charge is 0.150 e. The van der Waals surface area contributed by atoms with E-state index in [1.165, 1.54) is 12.0 Å². The maximum Gasteiger partial charge on any atom is 0.150 e. The molecule has 0 aliphatic carbocycles. The fourth-order valence-electron chi connectivity index (χ4n) is 3.18. The first kappa shape index (κ1) is 25.8. The Bertz CT molecular complexity index is 1270. The van der Waals surface area contributed by atoms with Crippen LogP contribution in [0, 0.1) is 11.8 Å². The molecule has 0 aliphatic heterocycles. The van der Waals surface area contributed by atoms with Crippen LogP contribution in [0.1, 0.15) is 39.2 Å². The first-order valence-corrected chi connectivity index (χ1v) is 12.3. The van der Waals surface area contributed by atoms with Crippen LogP contribution >= 0.6 is 11.8 Å². The Morgan fingerprint density at radius 2 is 2.09 bits per heavy atom. The van der Waals surface area contributed by atoms with Crippen molar-refractivity contribution >= 4 is 23.7 Å². The molecule has 7 nitrogen and oxygen atoms in total. The van der Waals surface area contributed by atoms with E-state index in [0.717, 1.165) is 46.7 Å². The highest BCUT2D eigenvalue weighted by Gasteiger charge is 2.05. The van der Waals surface area contributed by atoms with Crippen LogP contribution < -0.4 is 11.1 Å². The molecule has 4 aromatic rings. The summed E-state index contributed by atoms with van der Waals surface area (Å²) >= 11 is 1.65. The molecule has 4 N–H and O–H groups in total. The molecule has 0 saturated carbocycles. The van der Waals surface area contributed by atoms with Crippen molar-refractivity contribution in [1.82, 2.24) is 25.3 Å². The van der Waals surface area contributed by atoms with Crippen LogP contribution in [-0.4, -0.2) is 39.9 Å². The second kappa shape index (κ2) is 13.8. The second-order valence-electron chi connectivity index (χ2n) is 7.83.